The van der Waals surface area contributed by atoms with Gasteiger partial charge in [-0.25, -0.2) is 36.0 Å². The predicted molar refractivity (Wildman–Crippen MR) is 397 cm³/mol. The summed E-state index contributed by atoms with van der Waals surface area (Å²) >= 11 is 0. The molecule has 0 radical (unpaired) electrons. The van der Waals surface area contributed by atoms with Crippen LogP contribution in [0.25, 0.3) is 0 Å². The molecule has 0 bridgehead atoms. The average molecular weight is 1420 g/mol. The third-order valence-electron chi connectivity index (χ3n) is 17.2. The van der Waals surface area contributed by atoms with E-state index in [1.54, 1.807) is 24.3 Å². The first-order chi connectivity index (χ1) is 46.6. The third kappa shape index (κ3) is 52.1. The maximum Gasteiger partial charge on any atom is 2.00 e. The van der Waals surface area contributed by atoms with Gasteiger partial charge >= 0.3 is 61.6 Å². The van der Waals surface area contributed by atoms with Gasteiger partial charge in [-0.1, -0.05) is 345 Å². The smallest absolute Gasteiger partial charge is 0.744 e. The van der Waals surface area contributed by atoms with Crippen molar-refractivity contribution >= 4 is 81.9 Å². The van der Waals surface area contributed by atoms with Gasteiger partial charge in [0.1, 0.15) is 46.7 Å². The second-order valence-electron chi connectivity index (χ2n) is 25.8. The van der Waals surface area contributed by atoms with E-state index in [-0.39, 0.29) is 75.3 Å². The maximum absolute atomic E-state index is 12.9. The summed E-state index contributed by atoms with van der Waals surface area (Å²) < 4.78 is 92.5. The SMILES string of the molecule is CCCCCCCCCCCCC/C=C/COC(=O)c1cccc(S(=O)(=O)[O-])c1C(=O)OC/C=C/CCCCCCCCCCCCC.CCCCCCCCCCCCC/C=C/COC(=O)c1cccc(S(=O)(=O)[O-])c1C(=O)OC/C=C/CCCCCCCCCCCCC.[Ca+2]. The molecule has 0 saturated heterocycles. The fraction of sp³-hybridized carbons (Fsp3) is 0.700. The monoisotopic (exact) mass is 1420 g/mol. The Morgan fingerprint density at radius 1 is 0.289 bits per heavy atom. The fourth-order valence-corrected chi connectivity index (χ4v) is 12.9. The zero-order chi connectivity index (χ0) is 70.3. The second-order valence-corrected chi connectivity index (χ2v) is 28.5. The first kappa shape index (κ1) is 93.4. The van der Waals surface area contributed by atoms with E-state index in [9.17, 15) is 45.1 Å². The number of carbonyl (C=O) groups is 4. The molecule has 0 aliphatic rings. The Labute approximate surface area is 620 Å². The Morgan fingerprint density at radius 2 is 0.474 bits per heavy atom. The molecule has 0 N–H and O–H groups in total. The van der Waals surface area contributed by atoms with Gasteiger partial charge in [-0.3, -0.25) is 0 Å². The summed E-state index contributed by atoms with van der Waals surface area (Å²) in [5.41, 5.74) is -1.77. The second kappa shape index (κ2) is 65.7. The molecule has 14 nitrogen and oxygen atoms in total. The summed E-state index contributed by atoms with van der Waals surface area (Å²) in [5.74, 6) is -3.88. The number of allylic oxidation sites excluding steroid dienone is 4. The van der Waals surface area contributed by atoms with Crippen LogP contribution in [-0.4, -0.2) is 114 Å². The van der Waals surface area contributed by atoms with Crippen molar-refractivity contribution < 1.29 is 64.1 Å². The first-order valence-electron chi connectivity index (χ1n) is 38.1. The number of hydrogen-bond donors (Lipinski definition) is 0. The molecule has 548 valence electrons. The van der Waals surface area contributed by atoms with Gasteiger partial charge in [-0.2, -0.15) is 0 Å². The van der Waals surface area contributed by atoms with E-state index in [0.717, 1.165) is 89.2 Å². The van der Waals surface area contributed by atoms with E-state index in [2.05, 4.69) is 27.7 Å². The van der Waals surface area contributed by atoms with Crippen LogP contribution >= 0.6 is 0 Å². The Hall–Kier alpha value is -3.64. The van der Waals surface area contributed by atoms with Crippen LogP contribution in [0.4, 0.5) is 0 Å². The molecule has 2 rings (SSSR count). The van der Waals surface area contributed by atoms with Crippen molar-refractivity contribution in [2.75, 3.05) is 26.4 Å². The van der Waals surface area contributed by atoms with Crippen molar-refractivity contribution in [3.8, 4) is 0 Å². The van der Waals surface area contributed by atoms with Crippen molar-refractivity contribution in [2.24, 2.45) is 0 Å². The van der Waals surface area contributed by atoms with Crippen LogP contribution in [-0.2, 0) is 39.2 Å². The summed E-state index contributed by atoms with van der Waals surface area (Å²) in [6, 6.07) is 7.04. The Balaban J connectivity index is 0.00000188. The van der Waals surface area contributed by atoms with E-state index in [4.69, 9.17) is 18.9 Å². The zero-order valence-electron chi connectivity index (χ0n) is 61.1. The molecule has 97 heavy (non-hydrogen) atoms. The van der Waals surface area contributed by atoms with E-state index >= 15 is 0 Å². The molecule has 2 aromatic rings. The van der Waals surface area contributed by atoms with E-state index in [1.165, 1.54) is 255 Å². The fourth-order valence-electron chi connectivity index (χ4n) is 11.5. The Kier molecular flexibility index (Phi) is 63.2. The molecule has 0 heterocycles. The van der Waals surface area contributed by atoms with Gasteiger partial charge < -0.3 is 28.1 Å². The van der Waals surface area contributed by atoms with Gasteiger partial charge in [0.05, 0.1) is 32.0 Å². The van der Waals surface area contributed by atoms with Crippen molar-refractivity contribution in [1.29, 1.82) is 0 Å². The third-order valence-corrected chi connectivity index (χ3v) is 19.0. The molecule has 0 aliphatic heterocycles. The quantitative estimate of drug-likeness (QED) is 0.0150. The summed E-state index contributed by atoms with van der Waals surface area (Å²) in [4.78, 5) is 49.9. The molecule has 0 saturated carbocycles. The van der Waals surface area contributed by atoms with E-state index in [1.807, 2.05) is 24.3 Å². The number of ether oxygens (including phenoxy) is 4. The average Bonchev–Trinajstić information content (AvgIpc) is 0.804. The molecular weight excluding hydrogens is 1290 g/mol. The summed E-state index contributed by atoms with van der Waals surface area (Å²) in [5, 5.41) is 0. The van der Waals surface area contributed by atoms with Crippen LogP contribution in [0.3, 0.4) is 0 Å². The van der Waals surface area contributed by atoms with Crippen molar-refractivity contribution in [2.45, 2.75) is 346 Å². The molecule has 0 unspecified atom stereocenters. The standard InChI is InChI=1S/2C40H66O7S.Ca/c2*1-3-5-7-9-11-13-15-17-19-21-23-25-27-29-34-46-39(41)36-32-31-33-37(48(43,44)45)38(36)40(42)47-35-30-28-26-24-22-20-18-16-14-12-10-8-6-4-2;/h2*27-33H,3-26,34-35H2,1-2H3,(H,43,44,45);/q;;+2/p-2/b2*29-27+,30-28+;. The number of esters is 4. The molecule has 0 aromatic heterocycles. The van der Waals surface area contributed by atoms with Crippen LogP contribution in [0.1, 0.15) is 377 Å². The Morgan fingerprint density at radius 3 is 0.670 bits per heavy atom. The molecule has 0 atom stereocenters. The van der Waals surface area contributed by atoms with Gasteiger partial charge in [-0.05, 0) is 75.6 Å². The first-order valence-corrected chi connectivity index (χ1v) is 40.9. The molecule has 0 fully saturated rings. The van der Waals surface area contributed by atoms with E-state index < -0.39 is 65.0 Å². The van der Waals surface area contributed by atoms with Crippen LogP contribution < -0.4 is 0 Å². The number of carbonyl (C=O) groups excluding carboxylic acids is 4. The number of rotatable bonds is 62. The van der Waals surface area contributed by atoms with Gasteiger partial charge in [0.15, 0.2) is 0 Å². The van der Waals surface area contributed by atoms with Crippen LogP contribution in [0.5, 0.6) is 0 Å². The minimum atomic E-state index is -5.04. The normalized spacial score (nSPS) is 11.8. The van der Waals surface area contributed by atoms with Gasteiger partial charge in [0.2, 0.25) is 0 Å². The van der Waals surface area contributed by atoms with Gasteiger partial charge in [-0.15, -0.1) is 0 Å². The minimum Gasteiger partial charge on any atom is -0.744 e. The molecule has 0 spiro atoms. The van der Waals surface area contributed by atoms with Gasteiger partial charge in [0.25, 0.3) is 0 Å². The molecule has 17 heteroatoms. The topological polar surface area (TPSA) is 220 Å². The van der Waals surface area contributed by atoms with Crippen LogP contribution in [0, 0.1) is 0 Å². The molecule has 0 aliphatic carbocycles. The van der Waals surface area contributed by atoms with Crippen molar-refractivity contribution in [1.82, 2.24) is 0 Å². The summed E-state index contributed by atoms with van der Waals surface area (Å²) in [6.45, 7) is 8.71. The minimum absolute atomic E-state index is 0. The molecule has 0 amide bonds. The van der Waals surface area contributed by atoms with Gasteiger partial charge in [0, 0.05) is 0 Å². The number of hydrogen-bond acceptors (Lipinski definition) is 14. The zero-order valence-corrected chi connectivity index (χ0v) is 64.9. The molecular formula is C80H130CaO14S2. The summed E-state index contributed by atoms with van der Waals surface area (Å²) in [6.07, 6.45) is 74.1. The predicted octanol–water partition coefficient (Wildman–Crippen LogP) is 22.5. The van der Waals surface area contributed by atoms with Crippen LogP contribution in [0.2, 0.25) is 0 Å². The van der Waals surface area contributed by atoms with Crippen molar-refractivity contribution in [3.63, 3.8) is 0 Å². The number of unbranched alkanes of at least 4 members (excludes halogenated alkanes) is 44. The largest absolute Gasteiger partial charge is 2.00 e. The summed E-state index contributed by atoms with van der Waals surface area (Å²) in [7, 11) is -10.1. The molecule has 2 aromatic carbocycles. The van der Waals surface area contributed by atoms with Crippen LogP contribution in [0.15, 0.2) is 94.8 Å². The Bertz CT molecular complexity index is 2470. The van der Waals surface area contributed by atoms with Crippen molar-refractivity contribution in [3.05, 3.63) is 107 Å². The van der Waals surface area contributed by atoms with E-state index in [0.29, 0.717) is 0 Å². The maximum atomic E-state index is 12.9. The number of benzene rings is 2.